The Balaban J connectivity index is 1.53. The lowest BCUT2D eigenvalue weighted by molar-refractivity contribution is -0.124. The van der Waals surface area contributed by atoms with Crippen molar-refractivity contribution in [2.24, 2.45) is 0 Å². The zero-order valence-electron chi connectivity index (χ0n) is 15.4. The van der Waals surface area contributed by atoms with Crippen LogP contribution in [0.15, 0.2) is 48.7 Å². The highest BCUT2D eigenvalue weighted by atomic mass is 19.3. The first kappa shape index (κ1) is 20.1. The summed E-state index contributed by atoms with van der Waals surface area (Å²) in [6.07, 6.45) is 1.53. The molecule has 0 aliphatic heterocycles. The van der Waals surface area contributed by atoms with E-state index in [9.17, 15) is 18.4 Å². The fourth-order valence-electron chi connectivity index (χ4n) is 2.72. The van der Waals surface area contributed by atoms with Crippen molar-refractivity contribution in [2.45, 2.75) is 13.2 Å². The Labute approximate surface area is 164 Å². The number of hydrogen-bond donors (Lipinski definition) is 2. The average Bonchev–Trinajstić information content (AvgIpc) is 3.15. The number of amides is 1. The van der Waals surface area contributed by atoms with Crippen LogP contribution in [0.25, 0.3) is 10.9 Å². The van der Waals surface area contributed by atoms with Crippen molar-refractivity contribution in [1.82, 2.24) is 10.3 Å². The molecule has 3 aromatic rings. The van der Waals surface area contributed by atoms with Crippen LogP contribution in [-0.2, 0) is 16.1 Å². The number of ether oxygens (including phenoxy) is 3. The minimum Gasteiger partial charge on any atom is -0.493 e. The van der Waals surface area contributed by atoms with Crippen molar-refractivity contribution in [3.05, 3.63) is 59.8 Å². The number of rotatable bonds is 8. The van der Waals surface area contributed by atoms with Crippen molar-refractivity contribution in [1.29, 1.82) is 0 Å². The molecule has 2 N–H and O–H groups in total. The summed E-state index contributed by atoms with van der Waals surface area (Å²) in [6, 6.07) is 11.5. The Kier molecular flexibility index (Phi) is 6.28. The summed E-state index contributed by atoms with van der Waals surface area (Å²) in [5, 5.41) is 3.28. The summed E-state index contributed by atoms with van der Waals surface area (Å²) in [5.41, 5.74) is 1.73. The fraction of sp³-hybridized carbons (Fsp3) is 0.200. The first-order valence-electron chi connectivity index (χ1n) is 8.59. The van der Waals surface area contributed by atoms with Crippen molar-refractivity contribution < 1.29 is 32.6 Å². The molecule has 0 fully saturated rings. The highest BCUT2D eigenvalue weighted by molar-refractivity contribution is 6.04. The van der Waals surface area contributed by atoms with E-state index in [-0.39, 0.29) is 18.0 Å². The summed E-state index contributed by atoms with van der Waals surface area (Å²) in [4.78, 5) is 27.1. The van der Waals surface area contributed by atoms with Gasteiger partial charge in [0, 0.05) is 23.6 Å². The predicted octanol–water partition coefficient (Wildman–Crippen LogP) is 3.25. The number of para-hydroxylation sites is 1. The molecular formula is C20H18F2N2O5. The van der Waals surface area contributed by atoms with Crippen LogP contribution in [0.2, 0.25) is 0 Å². The van der Waals surface area contributed by atoms with Gasteiger partial charge in [0.1, 0.15) is 0 Å². The SMILES string of the molecule is COc1cc(CNC(=O)COC(=O)c2c[nH]c3ccccc23)ccc1OC(F)F. The summed E-state index contributed by atoms with van der Waals surface area (Å²) in [6.45, 7) is -3.34. The number of benzene rings is 2. The van der Waals surface area contributed by atoms with E-state index < -0.39 is 25.1 Å². The molecule has 2 aromatic carbocycles. The van der Waals surface area contributed by atoms with Crippen LogP contribution in [0.5, 0.6) is 11.5 Å². The quantitative estimate of drug-likeness (QED) is 0.563. The molecule has 0 aliphatic carbocycles. The molecule has 0 atom stereocenters. The normalized spacial score (nSPS) is 10.8. The van der Waals surface area contributed by atoms with Gasteiger partial charge < -0.3 is 24.5 Å². The maximum absolute atomic E-state index is 12.4. The number of fused-ring (bicyclic) bond motifs is 1. The minimum atomic E-state index is -2.97. The van der Waals surface area contributed by atoms with Crippen molar-refractivity contribution in [2.75, 3.05) is 13.7 Å². The van der Waals surface area contributed by atoms with Crippen LogP contribution < -0.4 is 14.8 Å². The molecule has 0 spiro atoms. The molecule has 9 heteroatoms. The molecule has 1 heterocycles. The Morgan fingerprint density at radius 2 is 1.93 bits per heavy atom. The summed E-state index contributed by atoms with van der Waals surface area (Å²) < 4.78 is 39.1. The fourth-order valence-corrected chi connectivity index (χ4v) is 2.72. The van der Waals surface area contributed by atoms with Gasteiger partial charge in [-0.3, -0.25) is 4.79 Å². The van der Waals surface area contributed by atoms with Crippen molar-refractivity contribution in [3.8, 4) is 11.5 Å². The monoisotopic (exact) mass is 404 g/mol. The molecule has 0 bridgehead atoms. The Bertz CT molecular complexity index is 1020. The Hall–Kier alpha value is -3.62. The lowest BCUT2D eigenvalue weighted by atomic mass is 10.2. The molecule has 1 amide bonds. The van der Waals surface area contributed by atoms with E-state index in [0.717, 1.165) is 5.52 Å². The van der Waals surface area contributed by atoms with E-state index in [1.165, 1.54) is 31.5 Å². The minimum absolute atomic E-state index is 0.0921. The number of halogens is 2. The Morgan fingerprint density at radius 1 is 1.14 bits per heavy atom. The van der Waals surface area contributed by atoms with Crippen molar-refractivity contribution in [3.63, 3.8) is 0 Å². The second-order valence-corrected chi connectivity index (χ2v) is 5.96. The topological polar surface area (TPSA) is 89.6 Å². The van der Waals surface area contributed by atoms with Gasteiger partial charge in [-0.1, -0.05) is 24.3 Å². The third kappa shape index (κ3) is 5.01. The van der Waals surface area contributed by atoms with Crippen molar-refractivity contribution >= 4 is 22.8 Å². The number of esters is 1. The molecular weight excluding hydrogens is 386 g/mol. The smallest absolute Gasteiger partial charge is 0.387 e. The molecule has 0 saturated heterocycles. The first-order valence-corrected chi connectivity index (χ1v) is 8.59. The van der Waals surface area contributed by atoms with Gasteiger partial charge in [0.2, 0.25) is 0 Å². The van der Waals surface area contributed by atoms with Gasteiger partial charge in [-0.2, -0.15) is 8.78 Å². The lowest BCUT2D eigenvalue weighted by Gasteiger charge is -2.12. The van der Waals surface area contributed by atoms with E-state index in [0.29, 0.717) is 16.5 Å². The zero-order chi connectivity index (χ0) is 20.8. The van der Waals surface area contributed by atoms with Gasteiger partial charge in [0.15, 0.2) is 18.1 Å². The van der Waals surface area contributed by atoms with Gasteiger partial charge in [-0.15, -0.1) is 0 Å². The van der Waals surface area contributed by atoms with Gasteiger partial charge in [0.25, 0.3) is 5.91 Å². The molecule has 0 aliphatic rings. The molecule has 1 aromatic heterocycles. The number of carbonyl (C=O) groups excluding carboxylic acids is 2. The number of aromatic nitrogens is 1. The van der Waals surface area contributed by atoms with Crippen LogP contribution in [-0.4, -0.2) is 37.2 Å². The predicted molar refractivity (Wildman–Crippen MR) is 100 cm³/mol. The third-order valence-corrected chi connectivity index (χ3v) is 4.08. The Morgan fingerprint density at radius 3 is 2.69 bits per heavy atom. The highest BCUT2D eigenvalue weighted by Crippen LogP contribution is 2.29. The average molecular weight is 404 g/mol. The van der Waals surface area contributed by atoms with E-state index in [4.69, 9.17) is 9.47 Å². The maximum atomic E-state index is 12.4. The molecule has 0 unspecified atom stereocenters. The first-order chi connectivity index (χ1) is 14.0. The molecule has 7 nitrogen and oxygen atoms in total. The number of H-pyrrole nitrogens is 1. The number of carbonyl (C=O) groups is 2. The van der Waals surface area contributed by atoms with Crippen LogP contribution in [0.3, 0.4) is 0 Å². The lowest BCUT2D eigenvalue weighted by Crippen LogP contribution is -2.28. The van der Waals surface area contributed by atoms with Gasteiger partial charge in [-0.05, 0) is 23.8 Å². The van der Waals surface area contributed by atoms with E-state index in [2.05, 4.69) is 15.0 Å². The molecule has 0 saturated carbocycles. The van der Waals surface area contributed by atoms with Crippen LogP contribution in [0.1, 0.15) is 15.9 Å². The number of alkyl halides is 2. The van der Waals surface area contributed by atoms with Gasteiger partial charge >= 0.3 is 12.6 Å². The molecule has 3 rings (SSSR count). The van der Waals surface area contributed by atoms with Crippen LogP contribution in [0.4, 0.5) is 8.78 Å². The molecule has 29 heavy (non-hydrogen) atoms. The van der Waals surface area contributed by atoms with Gasteiger partial charge in [0.05, 0.1) is 12.7 Å². The second-order valence-electron chi connectivity index (χ2n) is 5.96. The second kappa shape index (κ2) is 9.05. The van der Waals surface area contributed by atoms with Crippen LogP contribution in [0, 0.1) is 0 Å². The van der Waals surface area contributed by atoms with Gasteiger partial charge in [-0.25, -0.2) is 4.79 Å². The standard InChI is InChI=1S/C20H18F2N2O5/c1-27-17-8-12(6-7-16(17)29-20(21)22)9-24-18(25)11-28-19(26)14-10-23-15-5-3-2-4-13(14)15/h2-8,10,20,23H,9,11H2,1H3,(H,24,25). The third-order valence-electron chi connectivity index (χ3n) is 4.08. The highest BCUT2D eigenvalue weighted by Gasteiger charge is 2.15. The molecule has 0 radical (unpaired) electrons. The number of methoxy groups -OCH3 is 1. The summed E-state index contributed by atoms with van der Waals surface area (Å²) in [5.74, 6) is -1.12. The van der Waals surface area contributed by atoms with Crippen LogP contribution >= 0.6 is 0 Å². The van der Waals surface area contributed by atoms with E-state index >= 15 is 0 Å². The van der Waals surface area contributed by atoms with E-state index in [1.807, 2.05) is 12.1 Å². The van der Waals surface area contributed by atoms with E-state index in [1.54, 1.807) is 12.1 Å². The zero-order valence-corrected chi connectivity index (χ0v) is 15.4. The maximum Gasteiger partial charge on any atom is 0.387 e. The number of hydrogen-bond acceptors (Lipinski definition) is 5. The number of aromatic amines is 1. The molecule has 152 valence electrons. The summed E-state index contributed by atoms with van der Waals surface area (Å²) >= 11 is 0. The number of nitrogens with one attached hydrogen (secondary N) is 2. The summed E-state index contributed by atoms with van der Waals surface area (Å²) in [7, 11) is 1.32. The largest absolute Gasteiger partial charge is 0.493 e.